The van der Waals surface area contributed by atoms with Crippen molar-refractivity contribution in [2.75, 3.05) is 19.1 Å². The van der Waals surface area contributed by atoms with Crippen LogP contribution < -0.4 is 14.9 Å². The number of nitrogens with zero attached hydrogens (tertiary/aromatic N) is 2. The zero-order valence-electron chi connectivity index (χ0n) is 12.4. The SMILES string of the molecule is C=CCOc1c(Cl)cc(CNn2c(C)n[nH]c2=S)cc1OC. The minimum Gasteiger partial charge on any atom is -0.493 e. The van der Waals surface area contributed by atoms with Crippen LogP contribution >= 0.6 is 23.8 Å². The van der Waals surface area contributed by atoms with E-state index < -0.39 is 0 Å². The van der Waals surface area contributed by atoms with E-state index in [-0.39, 0.29) is 0 Å². The number of ether oxygens (including phenoxy) is 2. The van der Waals surface area contributed by atoms with Gasteiger partial charge in [0.2, 0.25) is 4.77 Å². The van der Waals surface area contributed by atoms with Crippen molar-refractivity contribution >= 4 is 23.8 Å². The van der Waals surface area contributed by atoms with Gasteiger partial charge in [-0.2, -0.15) is 5.10 Å². The maximum Gasteiger partial charge on any atom is 0.214 e. The van der Waals surface area contributed by atoms with Crippen LogP contribution in [0.4, 0.5) is 0 Å². The fourth-order valence-electron chi connectivity index (χ4n) is 1.89. The molecule has 0 saturated carbocycles. The van der Waals surface area contributed by atoms with Gasteiger partial charge in [0.25, 0.3) is 0 Å². The Bertz CT molecular complexity index is 726. The number of hydrogen-bond donors (Lipinski definition) is 2. The standard InChI is InChI=1S/C14H17ClN4O2S/c1-4-5-21-13-11(15)6-10(7-12(13)20-3)8-16-19-9(2)17-18-14(19)22/h4,6-7,16H,1,5,8H2,2-3H3,(H,18,22). The Hall–Kier alpha value is -1.99. The van der Waals surface area contributed by atoms with E-state index in [0.29, 0.717) is 34.4 Å². The van der Waals surface area contributed by atoms with E-state index in [1.165, 1.54) is 0 Å². The van der Waals surface area contributed by atoms with Crippen LogP contribution in [0.3, 0.4) is 0 Å². The van der Waals surface area contributed by atoms with Gasteiger partial charge in [0, 0.05) is 0 Å². The second-order valence-corrected chi connectivity index (χ2v) is 5.25. The van der Waals surface area contributed by atoms with Crippen molar-refractivity contribution in [2.24, 2.45) is 0 Å². The average molecular weight is 341 g/mol. The molecule has 2 N–H and O–H groups in total. The van der Waals surface area contributed by atoms with Crippen molar-refractivity contribution < 1.29 is 9.47 Å². The third kappa shape index (κ3) is 3.61. The summed E-state index contributed by atoms with van der Waals surface area (Å²) >= 11 is 11.4. The molecule has 0 saturated heterocycles. The topological polar surface area (TPSA) is 64.1 Å². The third-order valence-corrected chi connectivity index (χ3v) is 3.47. The van der Waals surface area contributed by atoms with Gasteiger partial charge < -0.3 is 14.9 Å². The summed E-state index contributed by atoms with van der Waals surface area (Å²) in [6, 6.07) is 3.67. The molecule has 0 atom stereocenters. The largest absolute Gasteiger partial charge is 0.493 e. The van der Waals surface area contributed by atoms with Crippen molar-refractivity contribution in [3.05, 3.63) is 46.0 Å². The van der Waals surface area contributed by atoms with Crippen LogP contribution in [0.2, 0.25) is 5.02 Å². The van der Waals surface area contributed by atoms with Gasteiger partial charge in [-0.3, -0.25) is 5.10 Å². The van der Waals surface area contributed by atoms with E-state index >= 15 is 0 Å². The molecule has 22 heavy (non-hydrogen) atoms. The molecule has 0 radical (unpaired) electrons. The number of halogens is 1. The molecule has 0 aliphatic heterocycles. The molecule has 0 unspecified atom stereocenters. The number of rotatable bonds is 7. The summed E-state index contributed by atoms with van der Waals surface area (Å²) in [5.41, 5.74) is 4.09. The first-order valence-electron chi connectivity index (χ1n) is 6.54. The smallest absolute Gasteiger partial charge is 0.214 e. The monoisotopic (exact) mass is 340 g/mol. The van der Waals surface area contributed by atoms with Crippen LogP contribution in [0.1, 0.15) is 11.4 Å². The lowest BCUT2D eigenvalue weighted by molar-refractivity contribution is 0.326. The van der Waals surface area contributed by atoms with Gasteiger partial charge in [0.1, 0.15) is 12.4 Å². The zero-order valence-corrected chi connectivity index (χ0v) is 13.9. The molecule has 118 valence electrons. The van der Waals surface area contributed by atoms with E-state index in [4.69, 9.17) is 33.3 Å². The van der Waals surface area contributed by atoms with E-state index in [2.05, 4.69) is 22.2 Å². The molecule has 1 heterocycles. The Labute approximate surface area is 138 Å². The van der Waals surface area contributed by atoms with Crippen LogP contribution in [0, 0.1) is 11.7 Å². The number of hydrogen-bond acceptors (Lipinski definition) is 5. The maximum atomic E-state index is 6.26. The van der Waals surface area contributed by atoms with Crippen molar-refractivity contribution in [1.82, 2.24) is 14.9 Å². The fourth-order valence-corrected chi connectivity index (χ4v) is 2.42. The van der Waals surface area contributed by atoms with Crippen LogP contribution in [-0.2, 0) is 6.54 Å². The molecule has 0 amide bonds. The Morgan fingerprint density at radius 2 is 2.32 bits per heavy atom. The first-order valence-corrected chi connectivity index (χ1v) is 7.33. The van der Waals surface area contributed by atoms with Crippen molar-refractivity contribution in [2.45, 2.75) is 13.5 Å². The highest BCUT2D eigenvalue weighted by Gasteiger charge is 2.12. The Morgan fingerprint density at radius 1 is 1.55 bits per heavy atom. The molecular weight excluding hydrogens is 324 g/mol. The maximum absolute atomic E-state index is 6.26. The highest BCUT2D eigenvalue weighted by atomic mass is 35.5. The van der Waals surface area contributed by atoms with Crippen LogP contribution in [0.5, 0.6) is 11.5 Å². The first kappa shape index (κ1) is 16.4. The van der Waals surface area contributed by atoms with Crippen LogP contribution in [0.15, 0.2) is 24.8 Å². The number of aromatic nitrogens is 3. The predicted molar refractivity (Wildman–Crippen MR) is 88.9 cm³/mol. The second kappa shape index (κ2) is 7.33. The highest BCUT2D eigenvalue weighted by molar-refractivity contribution is 7.71. The number of H-pyrrole nitrogens is 1. The average Bonchev–Trinajstić information content (AvgIpc) is 2.82. The molecule has 2 rings (SSSR count). The highest BCUT2D eigenvalue weighted by Crippen LogP contribution is 2.36. The van der Waals surface area contributed by atoms with Crippen molar-refractivity contribution in [3.8, 4) is 11.5 Å². The molecule has 2 aromatic rings. The molecular formula is C14H17ClN4O2S. The van der Waals surface area contributed by atoms with E-state index in [0.717, 1.165) is 11.4 Å². The molecule has 0 fully saturated rings. The summed E-state index contributed by atoms with van der Waals surface area (Å²) < 4.78 is 13.0. The third-order valence-electron chi connectivity index (χ3n) is 2.92. The number of aromatic amines is 1. The minimum atomic E-state index is 0.358. The number of methoxy groups -OCH3 is 1. The molecule has 6 nitrogen and oxygen atoms in total. The van der Waals surface area contributed by atoms with E-state index in [1.54, 1.807) is 17.9 Å². The Balaban J connectivity index is 2.20. The number of aryl methyl sites for hydroxylation is 1. The molecule has 0 aliphatic carbocycles. The van der Waals surface area contributed by atoms with Gasteiger partial charge in [-0.1, -0.05) is 24.3 Å². The second-order valence-electron chi connectivity index (χ2n) is 4.45. The lowest BCUT2D eigenvalue weighted by atomic mass is 10.2. The Kier molecular flexibility index (Phi) is 5.46. The lowest BCUT2D eigenvalue weighted by Gasteiger charge is -2.14. The first-order chi connectivity index (χ1) is 10.6. The van der Waals surface area contributed by atoms with Gasteiger partial charge in [-0.05, 0) is 36.8 Å². The molecule has 0 aliphatic rings. The molecule has 1 aromatic heterocycles. The molecule has 0 bridgehead atoms. The molecule has 0 spiro atoms. The summed E-state index contributed by atoms with van der Waals surface area (Å²) in [4.78, 5) is 0. The summed E-state index contributed by atoms with van der Waals surface area (Å²) in [6.45, 7) is 6.32. The summed E-state index contributed by atoms with van der Waals surface area (Å²) in [5.74, 6) is 1.82. The van der Waals surface area contributed by atoms with Crippen LogP contribution in [-0.4, -0.2) is 28.6 Å². The number of benzene rings is 1. The van der Waals surface area contributed by atoms with Gasteiger partial charge in [-0.15, -0.1) is 0 Å². The van der Waals surface area contributed by atoms with Crippen molar-refractivity contribution in [1.29, 1.82) is 0 Å². The quantitative estimate of drug-likeness (QED) is 0.598. The minimum absolute atomic E-state index is 0.358. The normalized spacial score (nSPS) is 10.3. The van der Waals surface area contributed by atoms with E-state index in [1.807, 2.05) is 19.1 Å². The molecule has 8 heteroatoms. The van der Waals surface area contributed by atoms with Crippen LogP contribution in [0.25, 0.3) is 0 Å². The van der Waals surface area contributed by atoms with Gasteiger partial charge in [-0.25, -0.2) is 4.68 Å². The zero-order chi connectivity index (χ0) is 16.1. The van der Waals surface area contributed by atoms with E-state index in [9.17, 15) is 0 Å². The number of nitrogens with one attached hydrogen (secondary N) is 2. The summed E-state index contributed by atoms with van der Waals surface area (Å²) in [5, 5.41) is 7.22. The summed E-state index contributed by atoms with van der Waals surface area (Å²) in [6.07, 6.45) is 1.65. The lowest BCUT2D eigenvalue weighted by Crippen LogP contribution is -2.16. The predicted octanol–water partition coefficient (Wildman–Crippen LogP) is 3.22. The summed E-state index contributed by atoms with van der Waals surface area (Å²) in [7, 11) is 1.57. The Morgan fingerprint density at radius 3 is 2.91 bits per heavy atom. The van der Waals surface area contributed by atoms with Gasteiger partial charge in [0.15, 0.2) is 11.5 Å². The van der Waals surface area contributed by atoms with Crippen molar-refractivity contribution in [3.63, 3.8) is 0 Å². The fraction of sp³-hybridized carbons (Fsp3) is 0.286. The molecule has 1 aromatic carbocycles. The van der Waals surface area contributed by atoms with Gasteiger partial charge in [0.05, 0.1) is 18.7 Å². The van der Waals surface area contributed by atoms with Gasteiger partial charge >= 0.3 is 0 Å².